The number of nitrogens with zero attached hydrogens (tertiary/aromatic N) is 9. The van der Waals surface area contributed by atoms with Crippen molar-refractivity contribution in [2.45, 2.75) is 52.4 Å². The van der Waals surface area contributed by atoms with Crippen molar-refractivity contribution in [2.24, 2.45) is 0 Å². The zero-order valence-corrected chi connectivity index (χ0v) is 47.6. The third-order valence-corrected chi connectivity index (χ3v) is 15.6. The van der Waals surface area contributed by atoms with Gasteiger partial charge in [-0.2, -0.15) is 0 Å². The third kappa shape index (κ3) is 11.2. The van der Waals surface area contributed by atoms with Gasteiger partial charge >= 0.3 is 15.1 Å². The van der Waals surface area contributed by atoms with E-state index in [-0.39, 0.29) is 10.8 Å². The Morgan fingerprint density at radius 3 is 0.878 bits per heavy atom. The fourth-order valence-electron chi connectivity index (χ4n) is 9.86. The van der Waals surface area contributed by atoms with Crippen LogP contribution in [0.1, 0.15) is 52.7 Å². The van der Waals surface area contributed by atoms with Crippen LogP contribution in [0.2, 0.25) is 0 Å². The Hall–Kier alpha value is -9.80. The lowest BCUT2D eigenvalue weighted by atomic mass is 9.86. The molecule has 0 aliphatic heterocycles. The molecule has 82 heavy (non-hydrogen) atoms. The molecule has 13 heteroatoms. The minimum absolute atomic E-state index is 0.0704. The molecule has 5 aromatic heterocycles. The van der Waals surface area contributed by atoms with E-state index in [1.165, 1.54) is 11.1 Å². The monoisotopic (exact) mass is 1090 g/mol. The van der Waals surface area contributed by atoms with Crippen LogP contribution < -0.4 is 11.4 Å². The number of fused-ring (bicyclic) bond motifs is 3. The number of hydrogen-bond acceptors (Lipinski definition) is 10. The number of rotatable bonds is 12. The van der Waals surface area contributed by atoms with E-state index in [0.717, 1.165) is 89.6 Å². The average molecular weight is 1090 g/mol. The van der Waals surface area contributed by atoms with E-state index >= 15 is 0 Å². The topological polar surface area (TPSA) is 128 Å². The van der Waals surface area contributed by atoms with E-state index < -0.39 is 15.1 Å². The summed E-state index contributed by atoms with van der Waals surface area (Å²) in [5, 5.41) is 21.8. The zero-order valence-electron chi connectivity index (χ0n) is 46.4. The Bertz CT molecular complexity index is 3960. The molecule has 12 nitrogen and oxygen atoms in total. The Morgan fingerprint density at radius 1 is 0.305 bits per heavy atom. The number of pyridine rings is 3. The maximum Gasteiger partial charge on any atom is 1.20 e. The molecule has 0 aliphatic carbocycles. The summed E-state index contributed by atoms with van der Waals surface area (Å²) in [6.07, 6.45) is 5.24. The minimum atomic E-state index is -2.86. The summed E-state index contributed by atoms with van der Waals surface area (Å²) in [6, 6.07) is 75.4. The Labute approximate surface area is 481 Å². The Balaban J connectivity index is 0.000000172. The molecule has 13 rings (SSSR count). The SMILES string of the molecule is CC(C)(C)c1ccc(-c2nnc(-c3ccc(-c4nnc(-c5ccc(C(C)(C)C)cc5)n4-c4ccccc4)cc3)n2-c2ccccc2)cc1.c1cnc2c([O][Al]([O]c3cccc4cccnc34)[O]c3cccc4cccnc34)cccc2c1. The van der Waals surface area contributed by atoms with Gasteiger partial charge < -0.3 is 11.4 Å². The number of para-hydroxylation sites is 5. The first-order valence-electron chi connectivity index (χ1n) is 27.3. The lowest BCUT2D eigenvalue weighted by Crippen LogP contribution is -2.37. The van der Waals surface area contributed by atoms with Gasteiger partial charge in [0.05, 0.1) is 0 Å². The van der Waals surface area contributed by atoms with Gasteiger partial charge in [0.2, 0.25) is 0 Å². The third-order valence-electron chi connectivity index (χ3n) is 14.2. The van der Waals surface area contributed by atoms with Crippen LogP contribution in [0, 0.1) is 0 Å². The van der Waals surface area contributed by atoms with E-state index in [2.05, 4.69) is 163 Å². The molecular formula is C69H58AlN9O3. The average Bonchev–Trinajstić information content (AvgIpc) is 4.22. The van der Waals surface area contributed by atoms with Crippen molar-refractivity contribution in [1.82, 2.24) is 44.5 Å². The molecule has 8 aromatic carbocycles. The van der Waals surface area contributed by atoms with Crippen molar-refractivity contribution in [3.63, 3.8) is 0 Å². The summed E-state index contributed by atoms with van der Waals surface area (Å²) < 4.78 is 23.5. The van der Waals surface area contributed by atoms with Crippen LogP contribution >= 0.6 is 0 Å². The van der Waals surface area contributed by atoms with Crippen molar-refractivity contribution >= 4 is 47.9 Å². The molecule has 5 heterocycles. The van der Waals surface area contributed by atoms with Gasteiger partial charge in [-0.05, 0) is 82.6 Å². The first kappa shape index (κ1) is 52.9. The van der Waals surface area contributed by atoms with Crippen molar-refractivity contribution < 1.29 is 11.4 Å². The molecule has 400 valence electrons. The number of aromatic nitrogens is 9. The molecule has 0 fully saturated rings. The molecular weight excluding hydrogens is 1030 g/mol. The van der Waals surface area contributed by atoms with Gasteiger partial charge in [0, 0.05) is 68.4 Å². The largest absolute Gasteiger partial charge is 1.20 e. The summed E-state index contributed by atoms with van der Waals surface area (Å²) in [6.45, 7) is 13.4. The van der Waals surface area contributed by atoms with Crippen molar-refractivity contribution in [1.29, 1.82) is 0 Å². The Morgan fingerprint density at radius 2 is 0.585 bits per heavy atom. The van der Waals surface area contributed by atoms with Gasteiger partial charge in [0.15, 0.2) is 23.3 Å². The van der Waals surface area contributed by atoms with Gasteiger partial charge in [0.25, 0.3) is 0 Å². The molecule has 0 saturated carbocycles. The highest BCUT2D eigenvalue weighted by Gasteiger charge is 2.46. The number of hydrogen-bond donors (Lipinski definition) is 0. The maximum absolute atomic E-state index is 6.41. The van der Waals surface area contributed by atoms with Crippen molar-refractivity contribution in [3.05, 3.63) is 254 Å². The molecule has 0 amide bonds. The second-order valence-corrected chi connectivity index (χ2v) is 23.2. The van der Waals surface area contributed by atoms with Crippen LogP contribution in [-0.4, -0.2) is 59.6 Å². The smallest absolute Gasteiger partial charge is 0.576 e. The quantitative estimate of drug-likeness (QED) is 0.109. The second-order valence-electron chi connectivity index (χ2n) is 21.9. The highest BCUT2D eigenvalue weighted by Crippen LogP contribution is 2.35. The highest BCUT2D eigenvalue weighted by atomic mass is 27.3. The molecule has 13 aromatic rings. The van der Waals surface area contributed by atoms with Crippen molar-refractivity contribution in [3.8, 4) is 74.2 Å². The van der Waals surface area contributed by atoms with Crippen molar-refractivity contribution in [2.75, 3.05) is 0 Å². The fourth-order valence-corrected chi connectivity index (χ4v) is 11.2. The fraction of sp³-hybridized carbons (Fsp3) is 0.116. The molecule has 0 unspecified atom stereocenters. The molecule has 0 radical (unpaired) electrons. The van der Waals surface area contributed by atoms with Gasteiger partial charge in [-0.1, -0.05) is 205 Å². The van der Waals surface area contributed by atoms with E-state index in [1.54, 1.807) is 18.6 Å². The summed E-state index contributed by atoms with van der Waals surface area (Å²) in [4.78, 5) is 13.5. The molecule has 0 atom stereocenters. The molecule has 0 saturated heterocycles. The predicted octanol–water partition coefficient (Wildman–Crippen LogP) is 16.0. The summed E-state index contributed by atoms with van der Waals surface area (Å²) in [5.41, 5.74) is 10.9. The van der Waals surface area contributed by atoms with E-state index in [1.807, 2.05) is 127 Å². The second kappa shape index (κ2) is 22.7. The minimum Gasteiger partial charge on any atom is -0.576 e. The van der Waals surface area contributed by atoms with Crippen LogP contribution in [0.5, 0.6) is 17.2 Å². The van der Waals surface area contributed by atoms with E-state index in [4.69, 9.17) is 31.8 Å². The molecule has 0 N–H and O–H groups in total. The van der Waals surface area contributed by atoms with Crippen LogP contribution in [0.25, 0.3) is 89.6 Å². The van der Waals surface area contributed by atoms with Crippen LogP contribution in [-0.2, 0) is 10.8 Å². The normalized spacial score (nSPS) is 11.5. The first-order valence-corrected chi connectivity index (χ1v) is 28.7. The van der Waals surface area contributed by atoms with Crippen LogP contribution in [0.15, 0.2) is 243 Å². The lowest BCUT2D eigenvalue weighted by Gasteiger charge is -2.19. The van der Waals surface area contributed by atoms with Crippen LogP contribution in [0.4, 0.5) is 0 Å². The van der Waals surface area contributed by atoms with E-state index in [0.29, 0.717) is 17.2 Å². The standard InChI is InChI=1S/C42H40N6.3C9H7NO.Al/c1-41(2,3)33-25-21-31(22-26-33)39-45-43-37(47(39)35-13-9-7-10-14-35)29-17-19-30(20-18-29)38-44-46-40(48(38)36-15-11-8-12-16-36)32-23-27-34(28-24-32)42(4,5)6;3*11-8-5-1-3-7-4-2-6-10-9(7)8;/h7-28H,1-6H3;3*1-6,11H;/q;;;;+3/p-3. The Kier molecular flexibility index (Phi) is 14.7. The molecule has 0 aliphatic rings. The summed E-state index contributed by atoms with van der Waals surface area (Å²) in [7, 11) is 0. The van der Waals surface area contributed by atoms with Gasteiger partial charge in [0.1, 0.15) is 33.8 Å². The maximum atomic E-state index is 6.41. The molecule has 0 spiro atoms. The highest BCUT2D eigenvalue weighted by molar-refractivity contribution is 6.40. The lowest BCUT2D eigenvalue weighted by molar-refractivity contribution is 0.311. The predicted molar refractivity (Wildman–Crippen MR) is 328 cm³/mol. The van der Waals surface area contributed by atoms with Gasteiger partial charge in [-0.3, -0.25) is 24.1 Å². The summed E-state index contributed by atoms with van der Waals surface area (Å²) >= 11 is -2.86. The van der Waals surface area contributed by atoms with E-state index in [9.17, 15) is 0 Å². The van der Waals surface area contributed by atoms with Gasteiger partial charge in [-0.25, -0.2) is 0 Å². The van der Waals surface area contributed by atoms with Gasteiger partial charge in [-0.15, -0.1) is 20.4 Å². The zero-order chi connectivity index (χ0) is 56.2. The summed E-state index contributed by atoms with van der Waals surface area (Å²) in [5.74, 6) is 4.96. The first-order chi connectivity index (χ1) is 39.9. The molecule has 0 bridgehead atoms. The number of benzene rings is 8. The van der Waals surface area contributed by atoms with Crippen LogP contribution in [0.3, 0.4) is 0 Å².